The number of hydrogen-bond acceptors (Lipinski definition) is 3. The predicted molar refractivity (Wildman–Crippen MR) is 81.6 cm³/mol. The van der Waals surface area contributed by atoms with Crippen LogP contribution in [0.4, 0.5) is 0 Å². The first-order chi connectivity index (χ1) is 9.90. The molecule has 1 aromatic carbocycles. The molecule has 0 bridgehead atoms. The summed E-state index contributed by atoms with van der Waals surface area (Å²) in [6.07, 6.45) is 0.949. The van der Waals surface area contributed by atoms with Crippen LogP contribution in [0.2, 0.25) is 0 Å². The molecular weight excluding hydrogens is 268 g/mol. The largest absolute Gasteiger partial charge is 0.481 e. The van der Waals surface area contributed by atoms with E-state index < -0.39 is 12.0 Å². The fraction of sp³-hybridized carbons (Fsp3) is 0.500. The van der Waals surface area contributed by atoms with Crippen molar-refractivity contribution >= 4 is 11.9 Å². The van der Waals surface area contributed by atoms with E-state index in [1.54, 1.807) is 0 Å². The molecule has 0 fully saturated rings. The Hall–Kier alpha value is -1.88. The van der Waals surface area contributed by atoms with Gasteiger partial charge in [0.2, 0.25) is 5.91 Å². The van der Waals surface area contributed by atoms with Crippen LogP contribution in [0, 0.1) is 5.92 Å². The third-order valence-corrected chi connectivity index (χ3v) is 3.23. The molecule has 1 aromatic rings. The predicted octanol–water partition coefficient (Wildman–Crippen LogP) is 2.08. The van der Waals surface area contributed by atoms with Crippen molar-refractivity contribution in [1.29, 1.82) is 0 Å². The zero-order chi connectivity index (χ0) is 15.8. The number of carbonyl (C=O) groups excluding carboxylic acids is 1. The van der Waals surface area contributed by atoms with Crippen LogP contribution in [0.25, 0.3) is 0 Å². The van der Waals surface area contributed by atoms with Gasteiger partial charge in [-0.05, 0) is 24.3 Å². The smallest absolute Gasteiger partial charge is 0.303 e. The van der Waals surface area contributed by atoms with E-state index in [4.69, 9.17) is 10.8 Å². The summed E-state index contributed by atoms with van der Waals surface area (Å²) in [6, 6.07) is 8.46. The fourth-order valence-corrected chi connectivity index (χ4v) is 2.17. The third-order valence-electron chi connectivity index (χ3n) is 3.23. The highest BCUT2D eigenvalue weighted by Gasteiger charge is 2.20. The number of nitrogens with two attached hydrogens (primary N) is 1. The van der Waals surface area contributed by atoms with Gasteiger partial charge in [0.05, 0.1) is 12.1 Å². The van der Waals surface area contributed by atoms with Gasteiger partial charge in [0.1, 0.15) is 0 Å². The van der Waals surface area contributed by atoms with Gasteiger partial charge in [0.15, 0.2) is 0 Å². The van der Waals surface area contributed by atoms with Crippen LogP contribution in [-0.2, 0) is 9.59 Å². The van der Waals surface area contributed by atoms with E-state index >= 15 is 0 Å². The second-order valence-electron chi connectivity index (χ2n) is 5.64. The van der Waals surface area contributed by atoms with Gasteiger partial charge in [-0.2, -0.15) is 0 Å². The van der Waals surface area contributed by atoms with Gasteiger partial charge in [-0.15, -0.1) is 0 Å². The van der Waals surface area contributed by atoms with E-state index in [1.807, 2.05) is 44.2 Å². The maximum Gasteiger partial charge on any atom is 0.303 e. The molecule has 0 saturated heterocycles. The lowest BCUT2D eigenvalue weighted by atomic mass is 10.00. The maximum absolute atomic E-state index is 12.1. The molecule has 21 heavy (non-hydrogen) atoms. The highest BCUT2D eigenvalue weighted by Crippen LogP contribution is 2.18. The number of carboxylic acid groups (broad SMARTS) is 1. The summed E-state index contributed by atoms with van der Waals surface area (Å²) in [4.78, 5) is 22.9. The van der Waals surface area contributed by atoms with Crippen molar-refractivity contribution < 1.29 is 14.7 Å². The second kappa shape index (κ2) is 8.42. The minimum Gasteiger partial charge on any atom is -0.481 e. The number of amides is 1. The topological polar surface area (TPSA) is 92.4 Å². The lowest BCUT2D eigenvalue weighted by Gasteiger charge is -2.21. The average molecular weight is 292 g/mol. The van der Waals surface area contributed by atoms with Gasteiger partial charge >= 0.3 is 5.97 Å². The van der Waals surface area contributed by atoms with Crippen LogP contribution < -0.4 is 11.1 Å². The summed E-state index contributed by atoms with van der Waals surface area (Å²) in [7, 11) is 0. The van der Waals surface area contributed by atoms with E-state index in [-0.39, 0.29) is 18.4 Å². The van der Waals surface area contributed by atoms with E-state index in [0.717, 1.165) is 5.56 Å². The molecule has 5 heteroatoms. The number of aliphatic carboxylic acids is 1. The van der Waals surface area contributed by atoms with Gasteiger partial charge in [0.25, 0.3) is 0 Å². The Kier molecular flexibility index (Phi) is 6.88. The van der Waals surface area contributed by atoms with Gasteiger partial charge < -0.3 is 16.2 Å². The zero-order valence-electron chi connectivity index (χ0n) is 12.6. The molecule has 0 spiro atoms. The number of hydrogen-bond donors (Lipinski definition) is 3. The van der Waals surface area contributed by atoms with Crippen LogP contribution in [-0.4, -0.2) is 23.0 Å². The minimum atomic E-state index is -0.878. The van der Waals surface area contributed by atoms with Gasteiger partial charge in [-0.1, -0.05) is 44.2 Å². The molecule has 0 aliphatic carbocycles. The molecule has 5 nitrogen and oxygen atoms in total. The number of carboxylic acids is 1. The minimum absolute atomic E-state index is 0.000735. The van der Waals surface area contributed by atoms with E-state index in [0.29, 0.717) is 18.8 Å². The molecule has 0 saturated carbocycles. The summed E-state index contributed by atoms with van der Waals surface area (Å²) in [5, 5.41) is 11.7. The van der Waals surface area contributed by atoms with Crippen LogP contribution in [0.15, 0.2) is 30.3 Å². The maximum atomic E-state index is 12.1. The first-order valence-electron chi connectivity index (χ1n) is 7.22. The standard InChI is InChI=1S/C16H24N2O3/c1-11(2)10-13(17)16(21)18-14(8-9-15(19)20)12-6-4-3-5-7-12/h3-7,11,13-14H,8-10,17H2,1-2H3,(H,18,21)(H,19,20)/t13-,14?/m1/s1. The van der Waals surface area contributed by atoms with Crippen molar-refractivity contribution in [3.05, 3.63) is 35.9 Å². The van der Waals surface area contributed by atoms with E-state index in [1.165, 1.54) is 0 Å². The van der Waals surface area contributed by atoms with E-state index in [2.05, 4.69) is 5.32 Å². The second-order valence-corrected chi connectivity index (χ2v) is 5.64. The fourth-order valence-electron chi connectivity index (χ4n) is 2.17. The Morgan fingerprint density at radius 3 is 2.38 bits per heavy atom. The number of nitrogens with one attached hydrogen (secondary N) is 1. The molecule has 1 unspecified atom stereocenters. The Morgan fingerprint density at radius 2 is 1.86 bits per heavy atom. The van der Waals surface area contributed by atoms with Crippen molar-refractivity contribution in [1.82, 2.24) is 5.32 Å². The molecule has 1 amide bonds. The molecule has 2 atom stereocenters. The quantitative estimate of drug-likeness (QED) is 0.684. The summed E-state index contributed by atoms with van der Waals surface area (Å²) >= 11 is 0. The molecule has 0 aliphatic rings. The van der Waals surface area contributed by atoms with Crippen molar-refractivity contribution in [2.75, 3.05) is 0 Å². The number of benzene rings is 1. The molecule has 0 radical (unpaired) electrons. The average Bonchev–Trinajstić information content (AvgIpc) is 2.43. The Bertz CT molecular complexity index is 460. The molecule has 0 aliphatic heterocycles. The summed E-state index contributed by atoms with van der Waals surface area (Å²) in [6.45, 7) is 4.01. The molecule has 116 valence electrons. The van der Waals surface area contributed by atoms with Gasteiger partial charge in [-0.3, -0.25) is 9.59 Å². The highest BCUT2D eigenvalue weighted by atomic mass is 16.4. The Morgan fingerprint density at radius 1 is 1.24 bits per heavy atom. The SMILES string of the molecule is CC(C)C[C@@H](N)C(=O)NC(CCC(=O)O)c1ccccc1. The van der Waals surface area contributed by atoms with Crippen LogP contribution in [0.5, 0.6) is 0 Å². The van der Waals surface area contributed by atoms with E-state index in [9.17, 15) is 9.59 Å². The zero-order valence-corrected chi connectivity index (χ0v) is 12.6. The first-order valence-corrected chi connectivity index (χ1v) is 7.22. The summed E-state index contributed by atoms with van der Waals surface area (Å²) < 4.78 is 0. The summed E-state index contributed by atoms with van der Waals surface area (Å²) in [5.74, 6) is -0.778. The normalized spacial score (nSPS) is 13.7. The van der Waals surface area contributed by atoms with Crippen LogP contribution >= 0.6 is 0 Å². The Labute approximate surface area is 125 Å². The monoisotopic (exact) mass is 292 g/mol. The first kappa shape index (κ1) is 17.2. The lowest BCUT2D eigenvalue weighted by Crippen LogP contribution is -2.43. The molecule has 1 rings (SSSR count). The van der Waals surface area contributed by atoms with Crippen molar-refractivity contribution in [3.8, 4) is 0 Å². The summed E-state index contributed by atoms with van der Waals surface area (Å²) in [5.41, 5.74) is 6.76. The number of carbonyl (C=O) groups is 2. The van der Waals surface area contributed by atoms with Gasteiger partial charge in [0, 0.05) is 6.42 Å². The molecule has 0 heterocycles. The van der Waals surface area contributed by atoms with Crippen molar-refractivity contribution in [2.24, 2.45) is 11.7 Å². The number of rotatable bonds is 8. The molecule has 4 N–H and O–H groups in total. The molecular formula is C16H24N2O3. The third kappa shape index (κ3) is 6.40. The van der Waals surface area contributed by atoms with Gasteiger partial charge in [-0.25, -0.2) is 0 Å². The molecule has 0 aromatic heterocycles. The highest BCUT2D eigenvalue weighted by molar-refractivity contribution is 5.82. The van der Waals surface area contributed by atoms with Crippen LogP contribution in [0.1, 0.15) is 44.7 Å². The lowest BCUT2D eigenvalue weighted by molar-refractivity contribution is -0.137. The Balaban J connectivity index is 2.73. The van der Waals surface area contributed by atoms with Crippen molar-refractivity contribution in [2.45, 2.75) is 45.2 Å². The van der Waals surface area contributed by atoms with Crippen molar-refractivity contribution in [3.63, 3.8) is 0 Å². The van der Waals surface area contributed by atoms with Crippen LogP contribution in [0.3, 0.4) is 0 Å².